The topological polar surface area (TPSA) is 15.3 Å². The molecule has 3 heteroatoms. The van der Waals surface area contributed by atoms with Gasteiger partial charge >= 0.3 is 0 Å². The normalized spacial score (nSPS) is 27.0. The van der Waals surface area contributed by atoms with Crippen molar-refractivity contribution < 1.29 is 0 Å². The second kappa shape index (κ2) is 5.98. The lowest BCUT2D eigenvalue weighted by Gasteiger charge is -2.27. The lowest BCUT2D eigenvalue weighted by molar-refractivity contribution is 0.200. The zero-order valence-electron chi connectivity index (χ0n) is 11.2. The van der Waals surface area contributed by atoms with Crippen LogP contribution in [-0.4, -0.2) is 30.1 Å². The van der Waals surface area contributed by atoms with Gasteiger partial charge in [-0.25, -0.2) is 0 Å². The van der Waals surface area contributed by atoms with Crippen LogP contribution in [-0.2, 0) is 13.0 Å². The molecular weight excluding hydrogens is 228 g/mol. The van der Waals surface area contributed by atoms with E-state index < -0.39 is 0 Å². The van der Waals surface area contributed by atoms with Gasteiger partial charge in [0, 0.05) is 34.9 Å². The summed E-state index contributed by atoms with van der Waals surface area (Å²) >= 11 is 1.97. The molecular formula is C14H24N2S. The van der Waals surface area contributed by atoms with Crippen LogP contribution < -0.4 is 5.32 Å². The van der Waals surface area contributed by atoms with E-state index in [0.29, 0.717) is 12.1 Å². The fourth-order valence-electron chi connectivity index (χ4n) is 2.44. The minimum absolute atomic E-state index is 0.616. The molecule has 17 heavy (non-hydrogen) atoms. The van der Waals surface area contributed by atoms with Gasteiger partial charge in [0.1, 0.15) is 0 Å². The first-order valence-electron chi connectivity index (χ1n) is 6.74. The van der Waals surface area contributed by atoms with Gasteiger partial charge in [0.25, 0.3) is 0 Å². The maximum Gasteiger partial charge on any atom is 0.0331 e. The fourth-order valence-corrected chi connectivity index (χ4v) is 3.42. The van der Waals surface area contributed by atoms with E-state index in [1.807, 2.05) is 11.3 Å². The molecule has 0 aromatic carbocycles. The highest BCUT2D eigenvalue weighted by molar-refractivity contribution is 7.11. The van der Waals surface area contributed by atoms with Gasteiger partial charge in [0.05, 0.1) is 0 Å². The van der Waals surface area contributed by atoms with Crippen molar-refractivity contribution in [3.05, 3.63) is 21.9 Å². The Labute approximate surface area is 109 Å². The molecule has 0 bridgehead atoms. The monoisotopic (exact) mass is 252 g/mol. The smallest absolute Gasteiger partial charge is 0.0331 e. The summed E-state index contributed by atoms with van der Waals surface area (Å²) in [6, 6.07) is 5.90. The van der Waals surface area contributed by atoms with E-state index in [4.69, 9.17) is 0 Å². The van der Waals surface area contributed by atoms with Crippen LogP contribution in [0.15, 0.2) is 12.1 Å². The number of rotatable bonds is 3. The van der Waals surface area contributed by atoms with Gasteiger partial charge in [-0.2, -0.15) is 0 Å². The van der Waals surface area contributed by atoms with Crippen LogP contribution in [0.25, 0.3) is 0 Å². The Morgan fingerprint density at radius 1 is 1.35 bits per heavy atom. The highest BCUT2D eigenvalue weighted by Crippen LogP contribution is 2.21. The molecule has 2 atom stereocenters. The molecule has 0 aliphatic carbocycles. The number of aryl methyl sites for hydroxylation is 1. The number of thiophene rings is 1. The highest BCUT2D eigenvalue weighted by Gasteiger charge is 2.20. The van der Waals surface area contributed by atoms with Crippen molar-refractivity contribution in [3.63, 3.8) is 0 Å². The molecule has 0 spiro atoms. The van der Waals surface area contributed by atoms with Gasteiger partial charge in [-0.05, 0) is 45.4 Å². The van der Waals surface area contributed by atoms with Crippen LogP contribution in [0.1, 0.15) is 36.9 Å². The van der Waals surface area contributed by atoms with Crippen molar-refractivity contribution in [1.82, 2.24) is 10.2 Å². The maximum absolute atomic E-state index is 3.57. The van der Waals surface area contributed by atoms with E-state index in [0.717, 1.165) is 19.5 Å². The summed E-state index contributed by atoms with van der Waals surface area (Å²) in [5.74, 6) is 0. The molecule has 2 rings (SSSR count). The van der Waals surface area contributed by atoms with Crippen LogP contribution in [0, 0.1) is 0 Å². The van der Waals surface area contributed by atoms with Crippen molar-refractivity contribution in [2.45, 2.75) is 52.2 Å². The second-order valence-electron chi connectivity index (χ2n) is 5.14. The third-order valence-electron chi connectivity index (χ3n) is 3.61. The average Bonchev–Trinajstić information content (AvgIpc) is 2.69. The first-order chi connectivity index (χ1) is 8.19. The second-order valence-corrected chi connectivity index (χ2v) is 6.40. The molecule has 1 aliphatic rings. The Hall–Kier alpha value is -0.380. The Kier molecular flexibility index (Phi) is 4.60. The SMILES string of the molecule is CCc1ccc(CN2CC(C)NCCC2C)s1. The van der Waals surface area contributed by atoms with Crippen molar-refractivity contribution in [2.75, 3.05) is 13.1 Å². The van der Waals surface area contributed by atoms with Gasteiger partial charge in [0.2, 0.25) is 0 Å². The van der Waals surface area contributed by atoms with Crippen molar-refractivity contribution in [1.29, 1.82) is 0 Å². The van der Waals surface area contributed by atoms with E-state index >= 15 is 0 Å². The van der Waals surface area contributed by atoms with Crippen LogP contribution in [0.3, 0.4) is 0 Å². The molecule has 0 amide bonds. The Morgan fingerprint density at radius 2 is 2.12 bits per heavy atom. The lowest BCUT2D eigenvalue weighted by Crippen LogP contribution is -2.37. The number of hydrogen-bond acceptors (Lipinski definition) is 3. The fraction of sp³-hybridized carbons (Fsp3) is 0.714. The first kappa shape index (κ1) is 13.1. The quantitative estimate of drug-likeness (QED) is 0.890. The molecule has 2 nitrogen and oxygen atoms in total. The zero-order valence-corrected chi connectivity index (χ0v) is 12.0. The molecule has 1 aliphatic heterocycles. The van der Waals surface area contributed by atoms with E-state index in [1.54, 1.807) is 0 Å². The predicted molar refractivity (Wildman–Crippen MR) is 75.7 cm³/mol. The first-order valence-corrected chi connectivity index (χ1v) is 7.55. The minimum atomic E-state index is 0.616. The third-order valence-corrected chi connectivity index (χ3v) is 4.83. The van der Waals surface area contributed by atoms with Crippen LogP contribution in [0.2, 0.25) is 0 Å². The van der Waals surface area contributed by atoms with Crippen molar-refractivity contribution >= 4 is 11.3 Å². The third kappa shape index (κ3) is 3.54. The molecule has 96 valence electrons. The minimum Gasteiger partial charge on any atom is -0.313 e. The summed E-state index contributed by atoms with van der Waals surface area (Å²) < 4.78 is 0. The van der Waals surface area contributed by atoms with E-state index in [9.17, 15) is 0 Å². The van der Waals surface area contributed by atoms with E-state index in [1.165, 1.54) is 22.7 Å². The van der Waals surface area contributed by atoms with Gasteiger partial charge in [0.15, 0.2) is 0 Å². The van der Waals surface area contributed by atoms with Gasteiger partial charge in [-0.3, -0.25) is 4.90 Å². The molecule has 0 saturated carbocycles. The molecule has 1 N–H and O–H groups in total. The predicted octanol–water partition coefficient (Wildman–Crippen LogP) is 2.88. The standard InChI is InChI=1S/C14H24N2S/c1-4-13-5-6-14(17-13)10-16-9-11(2)15-8-7-12(16)3/h5-6,11-12,15H,4,7-10H2,1-3H3. The molecule has 0 radical (unpaired) electrons. The van der Waals surface area contributed by atoms with Crippen LogP contribution in [0.5, 0.6) is 0 Å². The van der Waals surface area contributed by atoms with Crippen molar-refractivity contribution in [2.24, 2.45) is 0 Å². The molecule has 1 saturated heterocycles. The Bertz CT molecular complexity index is 348. The lowest BCUT2D eigenvalue weighted by atomic mass is 10.2. The van der Waals surface area contributed by atoms with Crippen molar-refractivity contribution in [3.8, 4) is 0 Å². The summed E-state index contributed by atoms with van der Waals surface area (Å²) in [7, 11) is 0. The van der Waals surface area contributed by atoms with Gasteiger partial charge in [-0.1, -0.05) is 6.92 Å². The summed E-state index contributed by atoms with van der Waals surface area (Å²) in [5.41, 5.74) is 0. The number of hydrogen-bond donors (Lipinski definition) is 1. The summed E-state index contributed by atoms with van der Waals surface area (Å²) in [6.07, 6.45) is 2.43. The van der Waals surface area contributed by atoms with E-state index in [2.05, 4.69) is 43.1 Å². The molecule has 2 unspecified atom stereocenters. The molecule has 1 fully saturated rings. The molecule has 2 heterocycles. The largest absolute Gasteiger partial charge is 0.313 e. The van der Waals surface area contributed by atoms with Gasteiger partial charge < -0.3 is 5.32 Å². The highest BCUT2D eigenvalue weighted by atomic mass is 32.1. The Morgan fingerprint density at radius 3 is 2.82 bits per heavy atom. The van der Waals surface area contributed by atoms with Crippen LogP contribution in [0.4, 0.5) is 0 Å². The van der Waals surface area contributed by atoms with Gasteiger partial charge in [-0.15, -0.1) is 11.3 Å². The number of nitrogens with one attached hydrogen (secondary N) is 1. The molecule has 1 aromatic heterocycles. The Balaban J connectivity index is 1.99. The number of nitrogens with zero attached hydrogens (tertiary/aromatic N) is 1. The summed E-state index contributed by atoms with van der Waals surface area (Å²) in [4.78, 5) is 5.65. The summed E-state index contributed by atoms with van der Waals surface area (Å²) in [5, 5.41) is 3.57. The molecule has 1 aromatic rings. The van der Waals surface area contributed by atoms with Crippen LogP contribution >= 0.6 is 11.3 Å². The summed E-state index contributed by atoms with van der Waals surface area (Å²) in [6.45, 7) is 10.3. The maximum atomic E-state index is 3.57. The van der Waals surface area contributed by atoms with E-state index in [-0.39, 0.29) is 0 Å². The average molecular weight is 252 g/mol. The zero-order chi connectivity index (χ0) is 12.3.